The Kier molecular flexibility index (Phi) is 15.9. The van der Waals surface area contributed by atoms with Gasteiger partial charge in [-0.2, -0.15) is 0 Å². The lowest BCUT2D eigenvalue weighted by Gasteiger charge is -2.32. The van der Waals surface area contributed by atoms with E-state index < -0.39 is 0 Å². The first kappa shape index (κ1) is 34.3. The fraction of sp³-hybridized carbons (Fsp3) is 0.556. The Morgan fingerprint density at radius 1 is 0.860 bits per heavy atom. The van der Waals surface area contributed by atoms with Gasteiger partial charge in [0.2, 0.25) is 0 Å². The van der Waals surface area contributed by atoms with Gasteiger partial charge < -0.3 is 24.0 Å². The number of benzene rings is 2. The highest BCUT2D eigenvalue weighted by Crippen LogP contribution is 2.24. The largest absolute Gasteiger partial charge is 0.493 e. The molecule has 0 N–H and O–H groups in total. The second-order valence-corrected chi connectivity index (χ2v) is 11.4. The van der Waals surface area contributed by atoms with E-state index in [0.29, 0.717) is 25.2 Å². The Balaban J connectivity index is 1.54. The zero-order valence-electron chi connectivity index (χ0n) is 26.6. The number of likely N-dealkylation sites (N-methyl/N-ethyl adjacent to an activating group) is 1. The lowest BCUT2D eigenvalue weighted by atomic mass is 9.92. The summed E-state index contributed by atoms with van der Waals surface area (Å²) in [6.45, 7) is 11.0. The van der Waals surface area contributed by atoms with Gasteiger partial charge in [0.05, 0.1) is 25.4 Å². The van der Waals surface area contributed by atoms with Crippen LogP contribution < -0.4 is 4.74 Å². The number of para-hydroxylation sites is 1. The molecule has 1 unspecified atom stereocenters. The molecule has 0 radical (unpaired) electrons. The molecule has 0 aromatic heterocycles. The third-order valence-electron chi connectivity index (χ3n) is 7.91. The molecule has 1 saturated heterocycles. The molecule has 0 bridgehead atoms. The van der Waals surface area contributed by atoms with Gasteiger partial charge in [-0.3, -0.25) is 4.79 Å². The van der Waals surface area contributed by atoms with Crippen molar-refractivity contribution in [3.63, 3.8) is 0 Å². The van der Waals surface area contributed by atoms with E-state index >= 15 is 0 Å². The highest BCUT2D eigenvalue weighted by atomic mass is 16.5. The molecule has 0 amide bonds. The molecule has 43 heavy (non-hydrogen) atoms. The molecular formula is C36H52N2O5. The van der Waals surface area contributed by atoms with Gasteiger partial charge in [0, 0.05) is 38.2 Å². The van der Waals surface area contributed by atoms with Crippen molar-refractivity contribution in [3.8, 4) is 5.75 Å². The number of ether oxygens (including phenoxy) is 3. The number of allylic oxidation sites excluding steroid dienone is 1. The normalized spacial score (nSPS) is 15.0. The molecular weight excluding hydrogens is 540 g/mol. The first-order valence-electron chi connectivity index (χ1n) is 16.2. The van der Waals surface area contributed by atoms with Crippen LogP contribution in [0.2, 0.25) is 0 Å². The lowest BCUT2D eigenvalue weighted by Crippen LogP contribution is -2.44. The summed E-state index contributed by atoms with van der Waals surface area (Å²) in [5.41, 5.74) is 2.81. The van der Waals surface area contributed by atoms with Crippen LogP contribution in [0.4, 0.5) is 0 Å². The molecule has 2 aromatic rings. The molecule has 2 aromatic carbocycles. The van der Waals surface area contributed by atoms with Gasteiger partial charge in [-0.1, -0.05) is 48.9 Å². The molecule has 1 aliphatic heterocycles. The van der Waals surface area contributed by atoms with E-state index in [1.807, 2.05) is 56.3 Å². The average Bonchev–Trinajstić information content (AvgIpc) is 3.01. The molecule has 0 aliphatic carbocycles. The highest BCUT2D eigenvalue weighted by Gasteiger charge is 2.13. The van der Waals surface area contributed by atoms with Gasteiger partial charge in [-0.25, -0.2) is 4.79 Å². The van der Waals surface area contributed by atoms with Gasteiger partial charge in [0.1, 0.15) is 5.75 Å². The minimum Gasteiger partial charge on any atom is -0.493 e. The van der Waals surface area contributed by atoms with Crippen LogP contribution >= 0.6 is 0 Å². The molecule has 7 heteroatoms. The predicted octanol–water partition coefficient (Wildman–Crippen LogP) is 6.66. The van der Waals surface area contributed by atoms with Crippen LogP contribution in [0.1, 0.15) is 80.3 Å². The maximum Gasteiger partial charge on any atom is 0.338 e. The van der Waals surface area contributed by atoms with Gasteiger partial charge in [-0.15, -0.1) is 0 Å². The first-order chi connectivity index (χ1) is 21.0. The van der Waals surface area contributed by atoms with Crippen LogP contribution in [-0.4, -0.2) is 81.3 Å². The standard InChI is InChI=1S/C36H52N2O5/c1-4-41-35(39)16-10-7-13-30(29-31-18-21-33(22-19-31)36(40)42-5-2)17-20-32-14-8-9-15-34(32)43-28-12-6-11-23-38-26-24-37(3)25-27-38/h8-9,14-15,17-22,30H,4-7,10-13,16,23-29H2,1-3H3. The van der Waals surface area contributed by atoms with Crippen molar-refractivity contribution < 1.29 is 23.8 Å². The maximum atomic E-state index is 12.1. The summed E-state index contributed by atoms with van der Waals surface area (Å²) >= 11 is 0. The van der Waals surface area contributed by atoms with Gasteiger partial charge >= 0.3 is 11.9 Å². The summed E-state index contributed by atoms with van der Waals surface area (Å²) in [6.07, 6.45) is 11.9. The quantitative estimate of drug-likeness (QED) is 0.134. The maximum absolute atomic E-state index is 12.1. The molecule has 1 atom stereocenters. The van der Waals surface area contributed by atoms with Crippen LogP contribution in [0.25, 0.3) is 6.08 Å². The van der Waals surface area contributed by atoms with E-state index in [4.69, 9.17) is 14.2 Å². The number of piperazine rings is 1. The number of carbonyl (C=O) groups is 2. The Morgan fingerprint density at radius 2 is 1.60 bits per heavy atom. The number of hydrogen-bond acceptors (Lipinski definition) is 7. The van der Waals surface area contributed by atoms with E-state index in [1.54, 1.807) is 0 Å². The van der Waals surface area contributed by atoms with E-state index in [2.05, 4.69) is 35.1 Å². The van der Waals surface area contributed by atoms with E-state index in [0.717, 1.165) is 55.6 Å². The van der Waals surface area contributed by atoms with Crippen molar-refractivity contribution in [3.05, 3.63) is 71.3 Å². The zero-order chi connectivity index (χ0) is 30.7. The lowest BCUT2D eigenvalue weighted by molar-refractivity contribution is -0.143. The molecule has 1 fully saturated rings. The fourth-order valence-corrected chi connectivity index (χ4v) is 5.33. The van der Waals surface area contributed by atoms with Crippen LogP contribution in [-0.2, 0) is 20.7 Å². The number of rotatable bonds is 19. The predicted molar refractivity (Wildman–Crippen MR) is 173 cm³/mol. The number of unbranched alkanes of at least 4 members (excludes halogenated alkanes) is 3. The summed E-state index contributed by atoms with van der Waals surface area (Å²) in [4.78, 5) is 28.8. The molecule has 236 valence electrons. The van der Waals surface area contributed by atoms with Crippen molar-refractivity contribution in [2.24, 2.45) is 5.92 Å². The molecule has 7 nitrogen and oxygen atoms in total. The summed E-state index contributed by atoms with van der Waals surface area (Å²) < 4.78 is 16.4. The highest BCUT2D eigenvalue weighted by molar-refractivity contribution is 5.89. The third kappa shape index (κ3) is 13.3. The Morgan fingerprint density at radius 3 is 2.35 bits per heavy atom. The number of hydrogen-bond donors (Lipinski definition) is 0. The fourth-order valence-electron chi connectivity index (χ4n) is 5.33. The summed E-state index contributed by atoms with van der Waals surface area (Å²) in [5, 5.41) is 0. The van der Waals surface area contributed by atoms with Crippen molar-refractivity contribution in [1.29, 1.82) is 0 Å². The first-order valence-corrected chi connectivity index (χ1v) is 16.2. The smallest absolute Gasteiger partial charge is 0.338 e. The second kappa shape index (κ2) is 19.9. The van der Waals surface area contributed by atoms with Crippen molar-refractivity contribution in [2.75, 3.05) is 59.6 Å². The Bertz CT molecular complexity index is 1110. The van der Waals surface area contributed by atoms with Crippen molar-refractivity contribution >= 4 is 18.0 Å². The summed E-state index contributed by atoms with van der Waals surface area (Å²) in [7, 11) is 2.20. The average molecular weight is 593 g/mol. The van der Waals surface area contributed by atoms with Crippen molar-refractivity contribution in [2.45, 2.75) is 65.2 Å². The summed E-state index contributed by atoms with van der Waals surface area (Å²) in [5.74, 6) is 0.765. The topological polar surface area (TPSA) is 68.3 Å². The molecule has 3 rings (SSSR count). The minimum absolute atomic E-state index is 0.130. The number of nitrogens with zero attached hydrogens (tertiary/aromatic N) is 2. The SMILES string of the molecule is CCOC(=O)CCCCC(C=Cc1ccccc1OCCCCCN1CCN(C)CC1)Cc1ccc(C(=O)OCC)cc1. The molecule has 1 heterocycles. The molecule has 1 aliphatic rings. The second-order valence-electron chi connectivity index (χ2n) is 11.4. The van der Waals surface area contributed by atoms with Crippen LogP contribution in [0.3, 0.4) is 0 Å². The number of esters is 2. The third-order valence-corrected chi connectivity index (χ3v) is 7.91. The number of carbonyl (C=O) groups excluding carboxylic acids is 2. The van der Waals surface area contributed by atoms with Crippen LogP contribution in [0.5, 0.6) is 5.75 Å². The van der Waals surface area contributed by atoms with E-state index in [1.165, 1.54) is 45.6 Å². The van der Waals surface area contributed by atoms with Gasteiger partial charge in [-0.05, 0) is 95.6 Å². The van der Waals surface area contributed by atoms with Gasteiger partial charge in [0.15, 0.2) is 0 Å². The Labute approximate surface area is 259 Å². The minimum atomic E-state index is -0.295. The molecule has 0 spiro atoms. The van der Waals surface area contributed by atoms with Crippen LogP contribution in [0, 0.1) is 5.92 Å². The zero-order valence-corrected chi connectivity index (χ0v) is 26.6. The summed E-state index contributed by atoms with van der Waals surface area (Å²) in [6, 6.07) is 15.9. The van der Waals surface area contributed by atoms with E-state index in [9.17, 15) is 9.59 Å². The monoisotopic (exact) mass is 592 g/mol. The van der Waals surface area contributed by atoms with Crippen LogP contribution in [0.15, 0.2) is 54.6 Å². The van der Waals surface area contributed by atoms with E-state index in [-0.39, 0.29) is 17.9 Å². The Hall–Kier alpha value is -3.16. The van der Waals surface area contributed by atoms with Gasteiger partial charge in [0.25, 0.3) is 0 Å². The van der Waals surface area contributed by atoms with Crippen molar-refractivity contribution in [1.82, 2.24) is 9.80 Å². The molecule has 0 saturated carbocycles.